The van der Waals surface area contributed by atoms with Gasteiger partial charge < -0.3 is 0 Å². The van der Waals surface area contributed by atoms with Gasteiger partial charge in [-0.1, -0.05) is 26.8 Å². The van der Waals surface area contributed by atoms with E-state index >= 15 is 0 Å². The van der Waals surface area contributed by atoms with E-state index in [4.69, 9.17) is 0 Å². The molecule has 0 aliphatic heterocycles. The van der Waals surface area contributed by atoms with E-state index in [1.54, 1.807) is 5.01 Å². The van der Waals surface area contributed by atoms with Crippen molar-refractivity contribution < 1.29 is 4.79 Å². The highest BCUT2D eigenvalue weighted by Crippen LogP contribution is 1.92. The molecule has 0 unspecified atom stereocenters. The Morgan fingerprint density at radius 3 is 2.67 bits per heavy atom. The summed E-state index contributed by atoms with van der Waals surface area (Å²) in [5, 5.41) is 1.61. The van der Waals surface area contributed by atoms with Crippen molar-refractivity contribution in [3.8, 4) is 0 Å². The number of hydrogen-bond acceptors (Lipinski definition) is 2. The van der Waals surface area contributed by atoms with Crippen LogP contribution in [0.4, 0.5) is 0 Å². The molecule has 0 aliphatic carbocycles. The van der Waals surface area contributed by atoms with E-state index in [0.717, 1.165) is 25.9 Å². The topological polar surface area (TPSA) is 32.3 Å². The fourth-order valence-corrected chi connectivity index (χ4v) is 0.884. The van der Waals surface area contributed by atoms with Crippen LogP contribution in [-0.2, 0) is 4.79 Å². The van der Waals surface area contributed by atoms with Gasteiger partial charge >= 0.3 is 0 Å². The lowest BCUT2D eigenvalue weighted by atomic mass is 10.3. The predicted molar refractivity (Wildman–Crippen MR) is 50.5 cm³/mol. The van der Waals surface area contributed by atoms with E-state index in [0.29, 0.717) is 0 Å². The minimum atomic E-state index is -0.0506. The van der Waals surface area contributed by atoms with Crippen LogP contribution in [0.25, 0.3) is 0 Å². The maximum Gasteiger partial charge on any atom is 0.260 e. The highest BCUT2D eigenvalue weighted by Gasteiger charge is 2.06. The van der Waals surface area contributed by atoms with Crippen LogP contribution in [0.5, 0.6) is 0 Å². The molecule has 0 saturated carbocycles. The molecule has 0 aliphatic rings. The molecule has 0 aromatic heterocycles. The van der Waals surface area contributed by atoms with Gasteiger partial charge in [0.05, 0.1) is 0 Å². The fourth-order valence-electron chi connectivity index (χ4n) is 0.884. The van der Waals surface area contributed by atoms with Crippen LogP contribution in [0.15, 0.2) is 12.7 Å². The summed E-state index contributed by atoms with van der Waals surface area (Å²) in [6.45, 7) is 9.03. The Bertz CT molecular complexity index is 145. The molecule has 0 rings (SSSR count). The number of nitrogens with zero attached hydrogens (tertiary/aromatic N) is 1. The standard InChI is InChI=1S/C9H18N2O/c1-4-7-8-11(10-6-3)9(12)5-2/h5,10H,2,4,6-8H2,1,3H3. The third kappa shape index (κ3) is 4.13. The monoisotopic (exact) mass is 170 g/mol. The first-order chi connectivity index (χ1) is 5.76. The molecular weight excluding hydrogens is 152 g/mol. The van der Waals surface area contributed by atoms with Crippen molar-refractivity contribution in [2.24, 2.45) is 0 Å². The van der Waals surface area contributed by atoms with Gasteiger partial charge in [0, 0.05) is 13.1 Å². The normalized spacial score (nSPS) is 9.50. The zero-order chi connectivity index (χ0) is 9.40. The van der Waals surface area contributed by atoms with Gasteiger partial charge in [0.25, 0.3) is 5.91 Å². The van der Waals surface area contributed by atoms with E-state index in [-0.39, 0.29) is 5.91 Å². The van der Waals surface area contributed by atoms with Gasteiger partial charge in [0.1, 0.15) is 0 Å². The minimum absolute atomic E-state index is 0.0506. The van der Waals surface area contributed by atoms with Crippen molar-refractivity contribution in [1.29, 1.82) is 0 Å². The van der Waals surface area contributed by atoms with Gasteiger partial charge in [-0.25, -0.2) is 5.43 Å². The number of unbranched alkanes of at least 4 members (excludes halogenated alkanes) is 1. The average Bonchev–Trinajstić information content (AvgIpc) is 2.11. The first kappa shape index (κ1) is 11.2. The third-order valence-corrected chi connectivity index (χ3v) is 1.52. The predicted octanol–water partition coefficient (Wildman–Crippen LogP) is 1.33. The van der Waals surface area contributed by atoms with Crippen LogP contribution in [0, 0.1) is 0 Å². The van der Waals surface area contributed by atoms with Crippen molar-refractivity contribution in [1.82, 2.24) is 10.4 Å². The number of carbonyl (C=O) groups excluding carboxylic acids is 1. The first-order valence-electron chi connectivity index (χ1n) is 4.43. The van der Waals surface area contributed by atoms with Gasteiger partial charge in [-0.15, -0.1) is 0 Å². The summed E-state index contributed by atoms with van der Waals surface area (Å²) in [6.07, 6.45) is 3.44. The molecule has 3 heteroatoms. The van der Waals surface area contributed by atoms with Crippen molar-refractivity contribution in [2.75, 3.05) is 13.1 Å². The Labute approximate surface area is 74.4 Å². The zero-order valence-corrected chi connectivity index (χ0v) is 7.97. The molecule has 0 heterocycles. The van der Waals surface area contributed by atoms with Crippen molar-refractivity contribution >= 4 is 5.91 Å². The minimum Gasteiger partial charge on any atom is -0.274 e. The molecule has 0 fully saturated rings. The maximum absolute atomic E-state index is 11.2. The number of hydrogen-bond donors (Lipinski definition) is 1. The summed E-state index contributed by atoms with van der Waals surface area (Å²) in [7, 11) is 0. The van der Waals surface area contributed by atoms with Crippen LogP contribution in [-0.4, -0.2) is 24.0 Å². The molecule has 0 atom stereocenters. The zero-order valence-electron chi connectivity index (χ0n) is 7.97. The Morgan fingerprint density at radius 1 is 1.58 bits per heavy atom. The highest BCUT2D eigenvalue weighted by molar-refractivity contribution is 5.86. The van der Waals surface area contributed by atoms with Crippen molar-refractivity contribution in [3.63, 3.8) is 0 Å². The van der Waals surface area contributed by atoms with E-state index in [2.05, 4.69) is 18.9 Å². The summed E-state index contributed by atoms with van der Waals surface area (Å²) in [5.74, 6) is -0.0506. The van der Waals surface area contributed by atoms with Gasteiger partial charge in [0.2, 0.25) is 0 Å². The molecule has 0 spiro atoms. The molecule has 12 heavy (non-hydrogen) atoms. The van der Waals surface area contributed by atoms with Crippen LogP contribution >= 0.6 is 0 Å². The van der Waals surface area contributed by atoms with Crippen LogP contribution < -0.4 is 5.43 Å². The van der Waals surface area contributed by atoms with Gasteiger partial charge in [-0.3, -0.25) is 9.80 Å². The molecule has 0 bridgehead atoms. The molecule has 0 saturated heterocycles. The van der Waals surface area contributed by atoms with Crippen molar-refractivity contribution in [3.05, 3.63) is 12.7 Å². The number of rotatable bonds is 6. The van der Waals surface area contributed by atoms with Crippen LogP contribution in [0.2, 0.25) is 0 Å². The number of hydrazine groups is 1. The van der Waals surface area contributed by atoms with E-state index in [1.165, 1.54) is 6.08 Å². The summed E-state index contributed by atoms with van der Waals surface area (Å²) in [5.41, 5.74) is 2.98. The fraction of sp³-hybridized carbons (Fsp3) is 0.667. The molecular formula is C9H18N2O. The first-order valence-corrected chi connectivity index (χ1v) is 4.43. The van der Waals surface area contributed by atoms with Gasteiger partial charge in [0.15, 0.2) is 0 Å². The van der Waals surface area contributed by atoms with E-state index in [1.807, 2.05) is 6.92 Å². The Balaban J connectivity index is 3.84. The van der Waals surface area contributed by atoms with Crippen LogP contribution in [0.3, 0.4) is 0 Å². The average molecular weight is 170 g/mol. The highest BCUT2D eigenvalue weighted by atomic mass is 16.2. The summed E-state index contributed by atoms with van der Waals surface area (Å²) >= 11 is 0. The molecule has 0 radical (unpaired) electrons. The second-order valence-electron chi connectivity index (χ2n) is 2.56. The smallest absolute Gasteiger partial charge is 0.260 e. The quantitative estimate of drug-likeness (QED) is 0.481. The largest absolute Gasteiger partial charge is 0.274 e. The second-order valence-corrected chi connectivity index (χ2v) is 2.56. The Hall–Kier alpha value is -0.830. The SMILES string of the molecule is C=CC(=O)N(CCCC)NCC. The van der Waals surface area contributed by atoms with Gasteiger partial charge in [-0.2, -0.15) is 0 Å². The summed E-state index contributed by atoms with van der Waals surface area (Å²) in [4.78, 5) is 11.2. The lowest BCUT2D eigenvalue weighted by molar-refractivity contribution is -0.129. The second kappa shape index (κ2) is 6.85. The van der Waals surface area contributed by atoms with Crippen LogP contribution in [0.1, 0.15) is 26.7 Å². The Morgan fingerprint density at radius 2 is 2.25 bits per heavy atom. The lowest BCUT2D eigenvalue weighted by Crippen LogP contribution is -2.42. The summed E-state index contributed by atoms with van der Waals surface area (Å²) < 4.78 is 0. The molecule has 70 valence electrons. The van der Waals surface area contributed by atoms with E-state index < -0.39 is 0 Å². The molecule has 0 aromatic rings. The lowest BCUT2D eigenvalue weighted by Gasteiger charge is -2.20. The maximum atomic E-state index is 11.2. The number of amides is 1. The molecule has 1 N–H and O–H groups in total. The number of nitrogens with one attached hydrogen (secondary N) is 1. The molecule has 1 amide bonds. The van der Waals surface area contributed by atoms with E-state index in [9.17, 15) is 4.79 Å². The molecule has 3 nitrogen and oxygen atoms in total. The molecule has 0 aromatic carbocycles. The van der Waals surface area contributed by atoms with Crippen molar-refractivity contribution in [2.45, 2.75) is 26.7 Å². The summed E-state index contributed by atoms with van der Waals surface area (Å²) in [6, 6.07) is 0. The Kier molecular flexibility index (Phi) is 6.38. The van der Waals surface area contributed by atoms with Gasteiger partial charge in [-0.05, 0) is 12.5 Å². The number of carbonyl (C=O) groups is 1. The third-order valence-electron chi connectivity index (χ3n) is 1.52.